The molecule has 3 heteroatoms. The van der Waals surface area contributed by atoms with Gasteiger partial charge in [0.25, 0.3) is 0 Å². The molecule has 0 aliphatic heterocycles. The predicted molar refractivity (Wildman–Crippen MR) is 67.6 cm³/mol. The molecular weight excluding hydrogens is 200 g/mol. The summed E-state index contributed by atoms with van der Waals surface area (Å²) in [5.41, 5.74) is 2.05. The number of hydrogen-bond donors (Lipinski definition) is 2. The number of carbonyl (C=O) groups excluding carboxylic acids is 1. The van der Waals surface area contributed by atoms with Gasteiger partial charge in [-0.15, -0.1) is 0 Å². The molecule has 0 unspecified atom stereocenters. The van der Waals surface area contributed by atoms with Crippen LogP contribution >= 0.6 is 0 Å². The molecule has 0 spiro atoms. The van der Waals surface area contributed by atoms with Crippen LogP contribution in [0.15, 0.2) is 24.3 Å². The van der Waals surface area contributed by atoms with Gasteiger partial charge in [-0.25, -0.2) is 0 Å². The smallest absolute Gasteiger partial charge is 0.238 e. The molecule has 1 aromatic rings. The maximum Gasteiger partial charge on any atom is 0.238 e. The molecule has 0 aromatic heterocycles. The summed E-state index contributed by atoms with van der Waals surface area (Å²) in [5.74, 6) is 0.0138. The Morgan fingerprint density at radius 2 is 1.94 bits per heavy atom. The molecule has 1 aromatic carbocycles. The number of benzene rings is 1. The van der Waals surface area contributed by atoms with Crippen molar-refractivity contribution in [2.24, 2.45) is 0 Å². The van der Waals surface area contributed by atoms with Gasteiger partial charge in [0.05, 0.1) is 6.54 Å². The number of unbranched alkanes of at least 4 members (excludes halogenated alkanes) is 1. The second-order valence-corrected chi connectivity index (χ2v) is 3.94. The molecule has 0 bridgehead atoms. The lowest BCUT2D eigenvalue weighted by molar-refractivity contribution is -0.115. The summed E-state index contributed by atoms with van der Waals surface area (Å²) in [6, 6.07) is 7.80. The number of aryl methyl sites for hydroxylation is 1. The third-order valence-corrected chi connectivity index (χ3v) is 2.33. The summed E-state index contributed by atoms with van der Waals surface area (Å²) >= 11 is 0. The fraction of sp³-hybridized carbons (Fsp3) is 0.462. The lowest BCUT2D eigenvalue weighted by Gasteiger charge is -2.06. The Morgan fingerprint density at radius 1 is 1.25 bits per heavy atom. The first kappa shape index (κ1) is 12.7. The van der Waals surface area contributed by atoms with Crippen LogP contribution in [0.4, 0.5) is 5.69 Å². The molecule has 88 valence electrons. The quantitative estimate of drug-likeness (QED) is 0.722. The summed E-state index contributed by atoms with van der Waals surface area (Å²) in [5, 5.41) is 5.95. The van der Waals surface area contributed by atoms with Crippen LogP contribution in [0, 0.1) is 6.92 Å². The van der Waals surface area contributed by atoms with E-state index in [2.05, 4.69) is 17.6 Å². The molecule has 0 aliphatic rings. The Morgan fingerprint density at radius 3 is 2.56 bits per heavy atom. The predicted octanol–water partition coefficient (Wildman–Crippen LogP) is 2.32. The van der Waals surface area contributed by atoms with E-state index in [4.69, 9.17) is 0 Å². The Bertz CT molecular complexity index is 319. The van der Waals surface area contributed by atoms with Crippen LogP contribution in [0.5, 0.6) is 0 Å². The summed E-state index contributed by atoms with van der Waals surface area (Å²) in [6.45, 7) is 5.44. The van der Waals surface area contributed by atoms with Crippen molar-refractivity contribution in [3.8, 4) is 0 Å². The standard InChI is InChI=1S/C13H20N2O/c1-3-4-9-14-10-13(16)15-12-7-5-11(2)6-8-12/h5-8,14H,3-4,9-10H2,1-2H3,(H,15,16). The largest absolute Gasteiger partial charge is 0.325 e. The summed E-state index contributed by atoms with van der Waals surface area (Å²) in [4.78, 5) is 11.5. The molecule has 0 heterocycles. The number of hydrogen-bond acceptors (Lipinski definition) is 2. The molecule has 0 radical (unpaired) electrons. The highest BCUT2D eigenvalue weighted by molar-refractivity contribution is 5.92. The first-order valence-electron chi connectivity index (χ1n) is 5.79. The molecule has 2 N–H and O–H groups in total. The van der Waals surface area contributed by atoms with Crippen molar-refractivity contribution in [1.82, 2.24) is 5.32 Å². The summed E-state index contributed by atoms with van der Waals surface area (Å²) in [7, 11) is 0. The average Bonchev–Trinajstić information content (AvgIpc) is 2.28. The van der Waals surface area contributed by atoms with E-state index in [0.29, 0.717) is 6.54 Å². The maximum absolute atomic E-state index is 11.5. The highest BCUT2D eigenvalue weighted by Crippen LogP contribution is 2.07. The first-order chi connectivity index (χ1) is 7.72. The van der Waals surface area contributed by atoms with Crippen molar-refractivity contribution in [1.29, 1.82) is 0 Å². The van der Waals surface area contributed by atoms with Gasteiger partial charge in [0.15, 0.2) is 0 Å². The number of rotatable bonds is 6. The molecule has 0 aliphatic carbocycles. The minimum Gasteiger partial charge on any atom is -0.325 e. The fourth-order valence-corrected chi connectivity index (χ4v) is 1.35. The van der Waals surface area contributed by atoms with E-state index in [-0.39, 0.29) is 5.91 Å². The van der Waals surface area contributed by atoms with Crippen LogP contribution in [0.3, 0.4) is 0 Å². The van der Waals surface area contributed by atoms with E-state index in [1.165, 1.54) is 5.56 Å². The zero-order valence-electron chi connectivity index (χ0n) is 10.0. The van der Waals surface area contributed by atoms with Crippen molar-refractivity contribution in [2.75, 3.05) is 18.4 Å². The molecular formula is C13H20N2O. The van der Waals surface area contributed by atoms with E-state index in [1.807, 2.05) is 31.2 Å². The normalized spacial score (nSPS) is 10.1. The van der Waals surface area contributed by atoms with E-state index < -0.39 is 0 Å². The topological polar surface area (TPSA) is 41.1 Å². The average molecular weight is 220 g/mol. The molecule has 0 fully saturated rings. The number of anilines is 1. The monoisotopic (exact) mass is 220 g/mol. The lowest BCUT2D eigenvalue weighted by atomic mass is 10.2. The van der Waals surface area contributed by atoms with Gasteiger partial charge in [0, 0.05) is 5.69 Å². The van der Waals surface area contributed by atoms with Gasteiger partial charge < -0.3 is 10.6 Å². The fourth-order valence-electron chi connectivity index (χ4n) is 1.35. The van der Waals surface area contributed by atoms with Crippen molar-refractivity contribution in [3.63, 3.8) is 0 Å². The second kappa shape index (κ2) is 7.01. The zero-order valence-corrected chi connectivity index (χ0v) is 10.0. The minimum absolute atomic E-state index is 0.0138. The molecule has 0 atom stereocenters. The number of nitrogens with one attached hydrogen (secondary N) is 2. The molecule has 1 amide bonds. The molecule has 0 saturated heterocycles. The van der Waals surface area contributed by atoms with E-state index in [0.717, 1.165) is 25.1 Å². The summed E-state index contributed by atoms with van der Waals surface area (Å²) in [6.07, 6.45) is 2.25. The Hall–Kier alpha value is -1.35. The highest BCUT2D eigenvalue weighted by Gasteiger charge is 2.00. The Labute approximate surface area is 97.2 Å². The van der Waals surface area contributed by atoms with Gasteiger partial charge in [-0.3, -0.25) is 4.79 Å². The van der Waals surface area contributed by atoms with Crippen LogP contribution in [0.1, 0.15) is 25.3 Å². The lowest BCUT2D eigenvalue weighted by Crippen LogP contribution is -2.28. The van der Waals surface area contributed by atoms with Gasteiger partial charge >= 0.3 is 0 Å². The van der Waals surface area contributed by atoms with E-state index in [9.17, 15) is 4.79 Å². The van der Waals surface area contributed by atoms with Crippen LogP contribution < -0.4 is 10.6 Å². The van der Waals surface area contributed by atoms with E-state index in [1.54, 1.807) is 0 Å². The van der Waals surface area contributed by atoms with Crippen molar-refractivity contribution in [3.05, 3.63) is 29.8 Å². The Balaban J connectivity index is 2.26. The van der Waals surface area contributed by atoms with E-state index >= 15 is 0 Å². The Kier molecular flexibility index (Phi) is 5.57. The number of amides is 1. The first-order valence-corrected chi connectivity index (χ1v) is 5.79. The van der Waals surface area contributed by atoms with Gasteiger partial charge in [-0.05, 0) is 32.0 Å². The molecule has 1 rings (SSSR count). The van der Waals surface area contributed by atoms with Crippen molar-refractivity contribution in [2.45, 2.75) is 26.7 Å². The highest BCUT2D eigenvalue weighted by atomic mass is 16.1. The SMILES string of the molecule is CCCCNCC(=O)Nc1ccc(C)cc1. The van der Waals surface area contributed by atoms with Gasteiger partial charge in [0.1, 0.15) is 0 Å². The second-order valence-electron chi connectivity index (χ2n) is 3.94. The summed E-state index contributed by atoms with van der Waals surface area (Å²) < 4.78 is 0. The maximum atomic E-state index is 11.5. The number of carbonyl (C=O) groups is 1. The van der Waals surface area contributed by atoms with Crippen LogP contribution in [-0.2, 0) is 4.79 Å². The van der Waals surface area contributed by atoms with Crippen molar-refractivity contribution < 1.29 is 4.79 Å². The third kappa shape index (κ3) is 4.94. The van der Waals surface area contributed by atoms with Crippen molar-refractivity contribution >= 4 is 11.6 Å². The molecule has 16 heavy (non-hydrogen) atoms. The third-order valence-electron chi connectivity index (χ3n) is 2.33. The van der Waals surface area contributed by atoms with Crippen LogP contribution in [0.25, 0.3) is 0 Å². The van der Waals surface area contributed by atoms with Crippen LogP contribution in [-0.4, -0.2) is 19.0 Å². The van der Waals surface area contributed by atoms with Gasteiger partial charge in [0.2, 0.25) is 5.91 Å². The molecule has 0 saturated carbocycles. The van der Waals surface area contributed by atoms with Gasteiger partial charge in [-0.1, -0.05) is 31.0 Å². The van der Waals surface area contributed by atoms with Crippen LogP contribution in [0.2, 0.25) is 0 Å². The molecule has 3 nitrogen and oxygen atoms in total. The minimum atomic E-state index is 0.0138. The zero-order chi connectivity index (χ0) is 11.8. The van der Waals surface area contributed by atoms with Gasteiger partial charge in [-0.2, -0.15) is 0 Å².